The lowest BCUT2D eigenvalue weighted by Gasteiger charge is -2.34. The molecule has 3 fully saturated rings. The molecule has 2 aromatic rings. The highest BCUT2D eigenvalue weighted by molar-refractivity contribution is 7.99. The minimum absolute atomic E-state index is 0.00521. The number of piperidine rings is 2. The molecular weight excluding hydrogens is 776 g/mol. The Morgan fingerprint density at radius 3 is 2.36 bits per heavy atom. The molecule has 58 heavy (non-hydrogen) atoms. The van der Waals surface area contributed by atoms with E-state index in [4.69, 9.17) is 14.9 Å². The zero-order valence-electron chi connectivity index (χ0n) is 33.9. The lowest BCUT2D eigenvalue weighted by atomic mass is 9.92. The highest BCUT2D eigenvalue weighted by Gasteiger charge is 2.36. The standard InChI is InChI=1S/C41H60F3N7O6S/c1-28(2)27-57-40(56)49-16-7-29(8-17-49)21-38(55)50-18-11-35-33(25-50)39(46-51(35)24-32(53)23-48-14-9-31(10-15-48)45-37(54)26-52)30-5-6-34(41(42,43)44)36(22-30)58-20-19-47-12-3-4-13-47/h5-6,22,28-29,31-32,52-53H,3-4,7-21,23-27H2,1-2H3,(H,45,54). The molecule has 0 spiro atoms. The van der Waals surface area contributed by atoms with E-state index < -0.39 is 30.4 Å². The highest BCUT2D eigenvalue weighted by atomic mass is 32.2. The van der Waals surface area contributed by atoms with E-state index in [0.717, 1.165) is 43.3 Å². The Morgan fingerprint density at radius 2 is 1.69 bits per heavy atom. The lowest BCUT2D eigenvalue weighted by molar-refractivity contribution is -0.139. The highest BCUT2D eigenvalue weighted by Crippen LogP contribution is 2.40. The van der Waals surface area contributed by atoms with Crippen LogP contribution in [0.3, 0.4) is 0 Å². The van der Waals surface area contributed by atoms with Crippen LogP contribution in [0.4, 0.5) is 18.0 Å². The molecule has 3 saturated heterocycles. The third-order valence-corrected chi connectivity index (χ3v) is 12.8. The third kappa shape index (κ3) is 11.9. The van der Waals surface area contributed by atoms with Crippen molar-refractivity contribution in [2.45, 2.75) is 102 Å². The number of rotatable bonds is 15. The van der Waals surface area contributed by atoms with Crippen LogP contribution < -0.4 is 5.32 Å². The third-order valence-electron chi connectivity index (χ3n) is 11.7. The monoisotopic (exact) mass is 835 g/mol. The number of nitrogens with one attached hydrogen (secondary N) is 1. The number of hydrogen-bond donors (Lipinski definition) is 3. The van der Waals surface area contributed by atoms with Crippen molar-refractivity contribution in [3.63, 3.8) is 0 Å². The van der Waals surface area contributed by atoms with E-state index >= 15 is 0 Å². The van der Waals surface area contributed by atoms with Gasteiger partial charge in [-0.05, 0) is 75.6 Å². The molecule has 17 heteroatoms. The fraction of sp³-hybridized carbons (Fsp3) is 0.707. The Kier molecular flexibility index (Phi) is 15.4. The number of hydrogen-bond acceptors (Lipinski definition) is 10. The summed E-state index contributed by atoms with van der Waals surface area (Å²) in [5, 5.41) is 28.2. The minimum Gasteiger partial charge on any atom is -0.449 e. The molecule has 6 rings (SSSR count). The van der Waals surface area contributed by atoms with Gasteiger partial charge in [0.1, 0.15) is 6.61 Å². The molecule has 13 nitrogen and oxygen atoms in total. The topological polar surface area (TPSA) is 144 Å². The van der Waals surface area contributed by atoms with E-state index in [0.29, 0.717) is 108 Å². The first kappa shape index (κ1) is 44.2. The van der Waals surface area contributed by atoms with E-state index in [1.165, 1.54) is 17.8 Å². The van der Waals surface area contributed by atoms with Gasteiger partial charge in [0.25, 0.3) is 0 Å². The zero-order chi connectivity index (χ0) is 41.4. The summed E-state index contributed by atoms with van der Waals surface area (Å²) in [6.07, 6.45) is 0.174. The molecule has 0 radical (unpaired) electrons. The second-order valence-corrected chi connectivity index (χ2v) is 17.8. The number of alkyl halides is 3. The van der Waals surface area contributed by atoms with Gasteiger partial charge in [0, 0.05) is 98.7 Å². The molecule has 5 heterocycles. The van der Waals surface area contributed by atoms with Crippen molar-refractivity contribution in [2.24, 2.45) is 11.8 Å². The summed E-state index contributed by atoms with van der Waals surface area (Å²) < 4.78 is 50.1. The zero-order valence-corrected chi connectivity index (χ0v) is 34.7. The van der Waals surface area contributed by atoms with E-state index in [-0.39, 0.29) is 47.9 Å². The minimum atomic E-state index is -4.52. The molecule has 322 valence electrons. The number of carbonyl (C=O) groups excluding carboxylic acids is 3. The average molecular weight is 836 g/mol. The van der Waals surface area contributed by atoms with Gasteiger partial charge >= 0.3 is 12.3 Å². The number of aliphatic hydroxyl groups is 2. The summed E-state index contributed by atoms with van der Waals surface area (Å²) in [5.41, 5.74) is 2.02. The summed E-state index contributed by atoms with van der Waals surface area (Å²) in [6.45, 7) is 10.1. The van der Waals surface area contributed by atoms with Crippen LogP contribution in [-0.2, 0) is 40.0 Å². The molecule has 1 aromatic carbocycles. The maximum atomic E-state index is 14.3. The molecule has 3 N–H and O–H groups in total. The van der Waals surface area contributed by atoms with Crippen LogP contribution in [0.5, 0.6) is 0 Å². The maximum Gasteiger partial charge on any atom is 0.417 e. The number of aliphatic hydroxyl groups excluding tert-OH is 2. The number of nitrogens with zero attached hydrogens (tertiary/aromatic N) is 6. The Morgan fingerprint density at radius 1 is 0.966 bits per heavy atom. The Labute approximate surface area is 343 Å². The van der Waals surface area contributed by atoms with E-state index in [2.05, 4.69) is 15.1 Å². The number of fused-ring (bicyclic) bond motifs is 1. The van der Waals surface area contributed by atoms with Gasteiger partial charge in [-0.1, -0.05) is 19.9 Å². The van der Waals surface area contributed by atoms with Crippen LogP contribution in [0.2, 0.25) is 0 Å². The summed E-state index contributed by atoms with van der Waals surface area (Å²) in [5.74, 6) is 0.480. The lowest BCUT2D eigenvalue weighted by Crippen LogP contribution is -2.47. The van der Waals surface area contributed by atoms with Gasteiger partial charge in [0.05, 0.1) is 30.5 Å². The van der Waals surface area contributed by atoms with Crippen molar-refractivity contribution in [2.75, 3.05) is 77.9 Å². The Bertz CT molecular complexity index is 1710. The van der Waals surface area contributed by atoms with E-state index in [9.17, 15) is 32.7 Å². The molecule has 0 saturated carbocycles. The normalized spacial score (nSPS) is 19.4. The largest absolute Gasteiger partial charge is 0.449 e. The SMILES string of the molecule is CC(C)COC(=O)N1CCC(CC(=O)N2CCc3c(c(-c4ccc(C(F)(F)F)c(SCCN5CCCC5)c4)nn3CC(O)CN3CCC(NC(=O)CO)CC3)C2)CC1. The number of thioether (sulfide) groups is 1. The van der Waals surface area contributed by atoms with Gasteiger partial charge in [-0.2, -0.15) is 18.3 Å². The fourth-order valence-corrected chi connectivity index (χ4v) is 9.63. The number of amides is 3. The van der Waals surface area contributed by atoms with Crippen molar-refractivity contribution < 1.29 is 42.5 Å². The van der Waals surface area contributed by atoms with Crippen LogP contribution in [0.25, 0.3) is 11.3 Å². The van der Waals surface area contributed by atoms with Crippen molar-refractivity contribution in [1.29, 1.82) is 0 Å². The van der Waals surface area contributed by atoms with Gasteiger partial charge in [-0.25, -0.2) is 4.79 Å². The average Bonchev–Trinajstić information content (AvgIpc) is 3.85. The van der Waals surface area contributed by atoms with Crippen LogP contribution >= 0.6 is 11.8 Å². The second-order valence-electron chi connectivity index (χ2n) is 16.7. The van der Waals surface area contributed by atoms with Crippen LogP contribution in [0.1, 0.15) is 75.6 Å². The van der Waals surface area contributed by atoms with Gasteiger partial charge in [0.15, 0.2) is 0 Å². The number of likely N-dealkylation sites (tertiary alicyclic amines) is 3. The van der Waals surface area contributed by atoms with Gasteiger partial charge < -0.3 is 39.9 Å². The van der Waals surface area contributed by atoms with Crippen LogP contribution in [0, 0.1) is 11.8 Å². The van der Waals surface area contributed by atoms with E-state index in [1.54, 1.807) is 15.6 Å². The molecule has 0 aliphatic carbocycles. The molecule has 0 bridgehead atoms. The summed E-state index contributed by atoms with van der Waals surface area (Å²) >= 11 is 1.20. The number of benzene rings is 1. The Hall–Kier alpha value is -3.38. The first-order valence-corrected chi connectivity index (χ1v) is 21.9. The summed E-state index contributed by atoms with van der Waals surface area (Å²) in [7, 11) is 0. The number of ether oxygens (including phenoxy) is 1. The molecular formula is C41H60F3N7O6S. The molecule has 3 amide bonds. The summed E-state index contributed by atoms with van der Waals surface area (Å²) in [4.78, 5) is 46.0. The van der Waals surface area contributed by atoms with Crippen molar-refractivity contribution in [1.82, 2.24) is 34.7 Å². The molecule has 1 atom stereocenters. The predicted octanol–water partition coefficient (Wildman–Crippen LogP) is 4.47. The van der Waals surface area contributed by atoms with E-state index in [1.807, 2.05) is 18.7 Å². The quantitative estimate of drug-likeness (QED) is 0.220. The molecule has 1 unspecified atom stereocenters. The maximum absolute atomic E-state index is 14.3. The Balaban J connectivity index is 1.17. The van der Waals surface area contributed by atoms with Gasteiger partial charge in [-0.3, -0.25) is 14.3 Å². The number of aromatic nitrogens is 2. The van der Waals surface area contributed by atoms with Gasteiger partial charge in [0.2, 0.25) is 11.8 Å². The molecule has 4 aliphatic heterocycles. The smallest absolute Gasteiger partial charge is 0.417 e. The van der Waals surface area contributed by atoms with Crippen molar-refractivity contribution in [3.05, 3.63) is 35.0 Å². The van der Waals surface area contributed by atoms with Crippen LogP contribution in [0.15, 0.2) is 23.1 Å². The summed E-state index contributed by atoms with van der Waals surface area (Å²) in [6, 6.07) is 4.16. The number of β-amino-alcohol motifs (C(OH)–C–C–N with tert-alkyl or cyclic N) is 1. The van der Waals surface area contributed by atoms with Crippen molar-refractivity contribution in [3.8, 4) is 11.3 Å². The van der Waals surface area contributed by atoms with Crippen LogP contribution in [-0.4, -0.2) is 148 Å². The number of halogens is 3. The predicted molar refractivity (Wildman–Crippen MR) is 214 cm³/mol. The first-order chi connectivity index (χ1) is 27.8. The fourth-order valence-electron chi connectivity index (χ4n) is 8.51. The van der Waals surface area contributed by atoms with Gasteiger partial charge in [-0.15, -0.1) is 11.8 Å². The molecule has 1 aromatic heterocycles. The second kappa shape index (κ2) is 20.3. The first-order valence-electron chi connectivity index (χ1n) is 20.9. The van der Waals surface area contributed by atoms with Crippen molar-refractivity contribution >= 4 is 29.7 Å². The number of carbonyl (C=O) groups is 3. The molecule has 4 aliphatic rings.